The molecule has 0 bridgehead atoms. The quantitative estimate of drug-likeness (QED) is 0.354. The van der Waals surface area contributed by atoms with Crippen LogP contribution in [0.15, 0.2) is 54.9 Å². The van der Waals surface area contributed by atoms with E-state index in [4.69, 9.17) is 4.74 Å². The van der Waals surface area contributed by atoms with E-state index in [9.17, 15) is 22.8 Å². The van der Waals surface area contributed by atoms with Gasteiger partial charge in [-0.15, -0.1) is 0 Å². The van der Waals surface area contributed by atoms with Crippen molar-refractivity contribution in [3.63, 3.8) is 0 Å². The largest absolute Gasteiger partial charge is 0.445 e. The van der Waals surface area contributed by atoms with Gasteiger partial charge in [0.2, 0.25) is 5.91 Å². The molecule has 43 heavy (non-hydrogen) atoms. The van der Waals surface area contributed by atoms with Crippen LogP contribution < -0.4 is 10.6 Å². The first-order chi connectivity index (χ1) is 20.7. The third kappa shape index (κ3) is 8.34. The highest BCUT2D eigenvalue weighted by molar-refractivity contribution is 5.91. The first-order valence-electron chi connectivity index (χ1n) is 14.7. The Kier molecular flexibility index (Phi) is 10.8. The number of benzene rings is 2. The number of carbonyl (C=O) groups is 2. The van der Waals surface area contributed by atoms with Crippen LogP contribution in [-0.2, 0) is 22.3 Å². The number of hydrogen-bond acceptors (Lipinski definition) is 7. The molecule has 0 radical (unpaired) electrons. The minimum atomic E-state index is -4.49. The lowest BCUT2D eigenvalue weighted by Crippen LogP contribution is -2.63. The Hall–Kier alpha value is -3.93. The molecule has 12 heteroatoms. The van der Waals surface area contributed by atoms with Crippen LogP contribution in [-0.4, -0.2) is 76.6 Å². The van der Waals surface area contributed by atoms with E-state index in [2.05, 4.69) is 25.5 Å². The van der Waals surface area contributed by atoms with Gasteiger partial charge in [0.1, 0.15) is 18.8 Å². The molecule has 0 unspecified atom stereocenters. The summed E-state index contributed by atoms with van der Waals surface area (Å²) in [6.45, 7) is 5.61. The smallest absolute Gasteiger partial charge is 0.416 e. The fourth-order valence-corrected chi connectivity index (χ4v) is 5.50. The van der Waals surface area contributed by atoms with Gasteiger partial charge in [0, 0.05) is 37.6 Å². The number of nitrogens with one attached hydrogen (secondary N) is 2. The fraction of sp³-hybridized carbons (Fsp3) is 0.484. The Morgan fingerprint density at radius 1 is 1.02 bits per heavy atom. The number of halogens is 3. The van der Waals surface area contributed by atoms with Crippen LogP contribution in [0.4, 0.5) is 23.8 Å². The molecule has 0 atom stereocenters. The molecule has 2 N–H and O–H groups in total. The Morgan fingerprint density at radius 3 is 2.40 bits per heavy atom. The molecule has 2 aliphatic rings. The highest BCUT2D eigenvalue weighted by Crippen LogP contribution is 2.33. The number of ether oxygens (including phenoxy) is 1. The highest BCUT2D eigenvalue weighted by atomic mass is 19.4. The van der Waals surface area contributed by atoms with Gasteiger partial charge >= 0.3 is 12.3 Å². The summed E-state index contributed by atoms with van der Waals surface area (Å²) in [7, 11) is 1.79. The summed E-state index contributed by atoms with van der Waals surface area (Å²) in [6, 6.07) is 13.4. The zero-order valence-corrected chi connectivity index (χ0v) is 24.7. The third-order valence-corrected chi connectivity index (χ3v) is 7.88. The number of rotatable bonds is 8. The Balaban J connectivity index is 0.00000207. The first-order valence-corrected chi connectivity index (χ1v) is 14.7. The van der Waals surface area contributed by atoms with Crippen molar-refractivity contribution in [1.82, 2.24) is 25.1 Å². The predicted octanol–water partition coefficient (Wildman–Crippen LogP) is 5.47. The van der Waals surface area contributed by atoms with Crippen molar-refractivity contribution in [2.24, 2.45) is 0 Å². The molecule has 1 saturated heterocycles. The number of amides is 2. The molecule has 0 spiro atoms. The molecule has 2 fully saturated rings. The van der Waals surface area contributed by atoms with Crippen LogP contribution in [0.5, 0.6) is 0 Å². The summed E-state index contributed by atoms with van der Waals surface area (Å²) < 4.78 is 44.9. The Labute approximate surface area is 249 Å². The van der Waals surface area contributed by atoms with E-state index in [1.54, 1.807) is 11.9 Å². The lowest BCUT2D eigenvalue weighted by Gasteiger charge is -2.47. The van der Waals surface area contributed by atoms with E-state index in [-0.39, 0.29) is 48.4 Å². The van der Waals surface area contributed by atoms with Crippen LogP contribution >= 0.6 is 0 Å². The maximum absolute atomic E-state index is 13.1. The van der Waals surface area contributed by atoms with Crippen molar-refractivity contribution >= 4 is 28.7 Å². The molecule has 2 heterocycles. The minimum absolute atomic E-state index is 0.0108. The minimum Gasteiger partial charge on any atom is -0.445 e. The molecular weight excluding hydrogens is 561 g/mol. The van der Waals surface area contributed by atoms with Crippen molar-refractivity contribution < 1.29 is 27.5 Å². The summed E-state index contributed by atoms with van der Waals surface area (Å²) in [5.74, 6) is -0.0788. The molecule has 5 rings (SSSR count). The number of nitrogens with zero attached hydrogens (tertiary/aromatic N) is 4. The maximum Gasteiger partial charge on any atom is 0.416 e. The van der Waals surface area contributed by atoms with Crippen LogP contribution in [0.25, 0.3) is 10.9 Å². The molecule has 2 aromatic carbocycles. The van der Waals surface area contributed by atoms with E-state index < -0.39 is 11.7 Å². The van der Waals surface area contributed by atoms with E-state index >= 15 is 0 Å². The van der Waals surface area contributed by atoms with E-state index in [1.807, 2.05) is 44.2 Å². The van der Waals surface area contributed by atoms with Gasteiger partial charge in [0.05, 0.1) is 23.7 Å². The zero-order valence-electron chi connectivity index (χ0n) is 24.7. The summed E-state index contributed by atoms with van der Waals surface area (Å²) in [4.78, 5) is 37.1. The normalized spacial score (nSPS) is 19.0. The number of anilines is 1. The fourth-order valence-electron chi connectivity index (χ4n) is 5.50. The third-order valence-electron chi connectivity index (χ3n) is 7.88. The topological polar surface area (TPSA) is 99.7 Å². The monoisotopic (exact) mass is 600 g/mol. The maximum atomic E-state index is 13.1. The summed E-state index contributed by atoms with van der Waals surface area (Å²) in [6.07, 6.45) is 0.156. The Morgan fingerprint density at radius 2 is 1.72 bits per heavy atom. The Bertz CT molecular complexity index is 1360. The molecule has 232 valence electrons. The summed E-state index contributed by atoms with van der Waals surface area (Å²) >= 11 is 0. The molecule has 1 aliphatic heterocycles. The van der Waals surface area contributed by atoms with E-state index in [0.29, 0.717) is 11.6 Å². The number of carbonyl (C=O) groups excluding carboxylic acids is 2. The average molecular weight is 601 g/mol. The second-order valence-corrected chi connectivity index (χ2v) is 10.6. The van der Waals surface area contributed by atoms with Crippen molar-refractivity contribution in [3.05, 3.63) is 66.0 Å². The lowest BCUT2D eigenvalue weighted by atomic mass is 9.87. The summed E-state index contributed by atoms with van der Waals surface area (Å²) in [5, 5.41) is 6.03. The van der Waals surface area contributed by atoms with Crippen LogP contribution in [0.1, 0.15) is 50.7 Å². The van der Waals surface area contributed by atoms with Gasteiger partial charge in [-0.1, -0.05) is 44.2 Å². The first kappa shape index (κ1) is 32.0. The second kappa shape index (κ2) is 14.5. The van der Waals surface area contributed by atoms with Gasteiger partial charge < -0.3 is 20.3 Å². The lowest BCUT2D eigenvalue weighted by molar-refractivity contribution is -0.137. The van der Waals surface area contributed by atoms with Crippen molar-refractivity contribution in [1.29, 1.82) is 0 Å². The molecular formula is C31H39F3N6O3. The van der Waals surface area contributed by atoms with Gasteiger partial charge in [-0.3, -0.25) is 9.69 Å². The molecule has 9 nitrogen and oxygen atoms in total. The number of alkyl halides is 3. The van der Waals surface area contributed by atoms with Crippen molar-refractivity contribution in [3.8, 4) is 0 Å². The van der Waals surface area contributed by atoms with Gasteiger partial charge in [-0.05, 0) is 49.4 Å². The molecule has 1 aromatic heterocycles. The van der Waals surface area contributed by atoms with E-state index in [0.717, 1.165) is 56.5 Å². The van der Waals surface area contributed by atoms with Gasteiger partial charge in [0.15, 0.2) is 0 Å². The van der Waals surface area contributed by atoms with Crippen molar-refractivity contribution in [2.45, 2.75) is 70.4 Å². The van der Waals surface area contributed by atoms with Gasteiger partial charge in [-0.2, -0.15) is 13.2 Å². The predicted molar refractivity (Wildman–Crippen MR) is 158 cm³/mol. The number of fused-ring (bicyclic) bond motifs is 1. The number of hydrogen-bond donors (Lipinski definition) is 2. The average Bonchev–Trinajstić information content (AvgIpc) is 3.01. The summed E-state index contributed by atoms with van der Waals surface area (Å²) in [5.41, 5.74) is 0.510. The van der Waals surface area contributed by atoms with Gasteiger partial charge in [0.25, 0.3) is 0 Å². The van der Waals surface area contributed by atoms with Crippen LogP contribution in [0, 0.1) is 0 Å². The number of aromatic nitrogens is 2. The number of likely N-dealkylation sites (tertiary alicyclic amines) is 1. The molecule has 1 aliphatic carbocycles. The zero-order chi connectivity index (χ0) is 31.0. The van der Waals surface area contributed by atoms with E-state index in [1.165, 1.54) is 12.4 Å². The molecule has 3 aromatic rings. The van der Waals surface area contributed by atoms with Crippen LogP contribution in [0.2, 0.25) is 0 Å². The second-order valence-electron chi connectivity index (χ2n) is 10.6. The highest BCUT2D eigenvalue weighted by Gasteiger charge is 2.36. The van der Waals surface area contributed by atoms with Crippen LogP contribution in [0.3, 0.4) is 0 Å². The SMILES string of the molecule is CC.CN(C(=O)OCc1ccccc1)C1CCC(N2CC(NC(=O)CNc3ncnc4ccc(C(F)(F)F)cc34)C2)CC1. The molecule has 2 amide bonds. The van der Waals surface area contributed by atoms with Crippen molar-refractivity contribution in [2.75, 3.05) is 32.0 Å². The standard InChI is InChI=1S/C29H33F3N6O3.C2H6/c1-37(28(40)41-17-19-5-3-2-4-6-19)22-8-10-23(11-9-22)38-15-21(16-38)36-26(39)14-33-27-24-13-20(29(30,31)32)7-12-25(24)34-18-35-27;1-2/h2-7,12-13,18,21-23H,8-11,14-17H2,1H3,(H,36,39)(H,33,34,35);1-2H3. The van der Waals surface area contributed by atoms with Gasteiger partial charge in [-0.25, -0.2) is 14.8 Å². The molecule has 1 saturated carbocycles.